The van der Waals surface area contributed by atoms with Gasteiger partial charge in [-0.15, -0.1) is 0 Å². The molecule has 0 aromatic carbocycles. The molecule has 2 aliphatic rings. The van der Waals surface area contributed by atoms with Crippen LogP contribution >= 0.6 is 0 Å². The molecule has 0 spiro atoms. The lowest BCUT2D eigenvalue weighted by Crippen LogP contribution is -2.53. The second-order valence-corrected chi connectivity index (χ2v) is 5.59. The summed E-state index contributed by atoms with van der Waals surface area (Å²) in [5, 5.41) is 2.47. The minimum Gasteiger partial charge on any atom is -0.296 e. The van der Waals surface area contributed by atoms with Gasteiger partial charge in [0.25, 0.3) is 0 Å². The smallest absolute Gasteiger partial charge is 0.230 e. The molecule has 1 saturated carbocycles. The number of carbonyl (C=O) groups excluding carboxylic acids is 2. The maximum atomic E-state index is 11.9. The molecule has 0 aromatic heterocycles. The highest BCUT2D eigenvalue weighted by Crippen LogP contribution is 2.54. The van der Waals surface area contributed by atoms with Gasteiger partial charge < -0.3 is 0 Å². The normalized spacial score (nSPS) is 36.9. The standard InChI is InChI=1S/C12H19NO2/c1-7(2)10-11(15)13-9(14)6-12(10,3)8-4-5-8/h7-8,10H,4-6H2,1-3H3,(H,13,14,15). The van der Waals surface area contributed by atoms with Crippen molar-refractivity contribution in [2.45, 2.75) is 40.0 Å². The van der Waals surface area contributed by atoms with Crippen molar-refractivity contribution in [1.82, 2.24) is 5.32 Å². The first-order valence-electron chi connectivity index (χ1n) is 5.79. The first-order chi connectivity index (χ1) is 6.95. The maximum Gasteiger partial charge on any atom is 0.230 e. The first kappa shape index (κ1) is 10.7. The molecule has 1 N–H and O–H groups in total. The van der Waals surface area contributed by atoms with Crippen molar-refractivity contribution in [3.63, 3.8) is 0 Å². The summed E-state index contributed by atoms with van der Waals surface area (Å²) in [6.45, 7) is 6.26. The molecule has 0 aromatic rings. The summed E-state index contributed by atoms with van der Waals surface area (Å²) in [7, 11) is 0. The fourth-order valence-corrected chi connectivity index (χ4v) is 3.22. The third kappa shape index (κ3) is 1.68. The van der Waals surface area contributed by atoms with Gasteiger partial charge in [0.2, 0.25) is 11.8 Å². The van der Waals surface area contributed by atoms with Crippen molar-refractivity contribution in [1.29, 1.82) is 0 Å². The van der Waals surface area contributed by atoms with Gasteiger partial charge in [0, 0.05) is 12.3 Å². The molecule has 2 rings (SSSR count). The van der Waals surface area contributed by atoms with Crippen LogP contribution in [0.15, 0.2) is 0 Å². The summed E-state index contributed by atoms with van der Waals surface area (Å²) in [4.78, 5) is 23.3. The molecule has 0 bridgehead atoms. The van der Waals surface area contributed by atoms with Crippen LogP contribution in [0, 0.1) is 23.2 Å². The van der Waals surface area contributed by atoms with Crippen molar-refractivity contribution in [2.75, 3.05) is 0 Å². The maximum absolute atomic E-state index is 11.9. The highest BCUT2D eigenvalue weighted by Gasteiger charge is 2.54. The second kappa shape index (κ2) is 3.32. The lowest BCUT2D eigenvalue weighted by molar-refractivity contribution is -0.146. The Balaban J connectivity index is 2.30. The zero-order valence-electron chi connectivity index (χ0n) is 9.67. The van der Waals surface area contributed by atoms with Gasteiger partial charge >= 0.3 is 0 Å². The van der Waals surface area contributed by atoms with Crippen molar-refractivity contribution >= 4 is 11.8 Å². The van der Waals surface area contributed by atoms with Gasteiger partial charge in [-0.05, 0) is 30.1 Å². The summed E-state index contributed by atoms with van der Waals surface area (Å²) in [5.41, 5.74) is -0.0897. The Bertz CT molecular complexity index is 307. The fraction of sp³-hybridized carbons (Fsp3) is 0.833. The Labute approximate surface area is 90.6 Å². The summed E-state index contributed by atoms with van der Waals surface area (Å²) in [5.74, 6) is 0.744. The third-order valence-electron chi connectivity index (χ3n) is 3.97. The van der Waals surface area contributed by atoms with E-state index in [1.165, 1.54) is 12.8 Å². The van der Waals surface area contributed by atoms with Gasteiger partial charge in [-0.2, -0.15) is 0 Å². The predicted octanol–water partition coefficient (Wildman–Crippen LogP) is 1.72. The number of amides is 2. The fourth-order valence-electron chi connectivity index (χ4n) is 3.22. The minimum atomic E-state index is -0.0914. The molecule has 2 unspecified atom stereocenters. The summed E-state index contributed by atoms with van der Waals surface area (Å²) >= 11 is 0. The van der Waals surface area contributed by atoms with E-state index in [0.29, 0.717) is 18.3 Å². The van der Waals surface area contributed by atoms with Crippen molar-refractivity contribution in [3.8, 4) is 0 Å². The van der Waals surface area contributed by atoms with E-state index in [1.807, 2.05) is 0 Å². The average molecular weight is 209 g/mol. The SMILES string of the molecule is CC(C)C1C(=O)NC(=O)CC1(C)C1CC1. The van der Waals surface area contributed by atoms with Crippen LogP contribution in [0.4, 0.5) is 0 Å². The molecule has 1 saturated heterocycles. The van der Waals surface area contributed by atoms with E-state index in [2.05, 4.69) is 26.1 Å². The van der Waals surface area contributed by atoms with Crippen molar-refractivity contribution < 1.29 is 9.59 Å². The van der Waals surface area contributed by atoms with Crippen LogP contribution in [0.5, 0.6) is 0 Å². The lowest BCUT2D eigenvalue weighted by atomic mass is 9.64. The molecule has 2 amide bonds. The number of imide groups is 1. The molecule has 1 aliphatic carbocycles. The molecular weight excluding hydrogens is 190 g/mol. The number of rotatable bonds is 2. The van der Waals surface area contributed by atoms with Gasteiger partial charge in [-0.3, -0.25) is 14.9 Å². The molecule has 3 nitrogen and oxygen atoms in total. The molecule has 2 atom stereocenters. The summed E-state index contributed by atoms with van der Waals surface area (Å²) in [6.07, 6.45) is 2.88. The minimum absolute atomic E-state index is 0.00250. The molecular formula is C12H19NO2. The lowest BCUT2D eigenvalue weighted by Gasteiger charge is -2.42. The molecule has 3 heteroatoms. The largest absolute Gasteiger partial charge is 0.296 e. The number of carbonyl (C=O) groups is 2. The molecule has 1 heterocycles. The van der Waals surface area contributed by atoms with E-state index in [9.17, 15) is 9.59 Å². The molecule has 2 fully saturated rings. The van der Waals surface area contributed by atoms with Crippen LogP contribution in [0.1, 0.15) is 40.0 Å². The van der Waals surface area contributed by atoms with Crippen LogP contribution in [-0.4, -0.2) is 11.8 Å². The zero-order chi connectivity index (χ0) is 11.2. The molecule has 84 valence electrons. The monoisotopic (exact) mass is 209 g/mol. The van der Waals surface area contributed by atoms with Crippen LogP contribution in [0.2, 0.25) is 0 Å². The molecule has 1 aliphatic heterocycles. The van der Waals surface area contributed by atoms with E-state index in [1.54, 1.807) is 0 Å². The van der Waals surface area contributed by atoms with Crippen LogP contribution in [-0.2, 0) is 9.59 Å². The summed E-state index contributed by atoms with van der Waals surface area (Å²) < 4.78 is 0. The molecule has 0 radical (unpaired) electrons. The van der Waals surface area contributed by atoms with Crippen molar-refractivity contribution in [2.24, 2.45) is 23.2 Å². The van der Waals surface area contributed by atoms with E-state index >= 15 is 0 Å². The Morgan fingerprint density at radius 1 is 1.33 bits per heavy atom. The van der Waals surface area contributed by atoms with Crippen LogP contribution in [0.3, 0.4) is 0 Å². The quantitative estimate of drug-likeness (QED) is 0.704. The Morgan fingerprint density at radius 2 is 1.93 bits per heavy atom. The van der Waals surface area contributed by atoms with Gasteiger partial charge in [0.15, 0.2) is 0 Å². The number of hydrogen-bond acceptors (Lipinski definition) is 2. The average Bonchev–Trinajstić information content (AvgIpc) is 2.81. The highest BCUT2D eigenvalue weighted by molar-refractivity contribution is 5.99. The Morgan fingerprint density at radius 3 is 2.40 bits per heavy atom. The topological polar surface area (TPSA) is 46.2 Å². The first-order valence-corrected chi connectivity index (χ1v) is 5.79. The van der Waals surface area contributed by atoms with Crippen molar-refractivity contribution in [3.05, 3.63) is 0 Å². The van der Waals surface area contributed by atoms with E-state index in [0.717, 1.165) is 0 Å². The predicted molar refractivity (Wildman–Crippen MR) is 56.9 cm³/mol. The van der Waals surface area contributed by atoms with Gasteiger partial charge in [0.05, 0.1) is 0 Å². The number of hydrogen-bond donors (Lipinski definition) is 1. The number of piperidine rings is 1. The van der Waals surface area contributed by atoms with E-state index in [-0.39, 0.29) is 23.1 Å². The van der Waals surface area contributed by atoms with E-state index in [4.69, 9.17) is 0 Å². The Hall–Kier alpha value is -0.860. The van der Waals surface area contributed by atoms with Gasteiger partial charge in [-0.25, -0.2) is 0 Å². The van der Waals surface area contributed by atoms with Gasteiger partial charge in [0.1, 0.15) is 0 Å². The van der Waals surface area contributed by atoms with Crippen LogP contribution < -0.4 is 5.32 Å². The Kier molecular flexibility index (Phi) is 2.36. The summed E-state index contributed by atoms with van der Waals surface area (Å²) in [6, 6.07) is 0. The second-order valence-electron chi connectivity index (χ2n) is 5.59. The molecule has 15 heavy (non-hydrogen) atoms. The van der Waals surface area contributed by atoms with Crippen LogP contribution in [0.25, 0.3) is 0 Å². The van der Waals surface area contributed by atoms with Gasteiger partial charge in [-0.1, -0.05) is 20.8 Å². The number of nitrogens with one attached hydrogen (secondary N) is 1. The van der Waals surface area contributed by atoms with E-state index < -0.39 is 0 Å². The third-order valence-corrected chi connectivity index (χ3v) is 3.97. The highest BCUT2D eigenvalue weighted by atomic mass is 16.2. The zero-order valence-corrected chi connectivity index (χ0v) is 9.67.